The molecule has 1 atom stereocenters. The van der Waals surface area contributed by atoms with Crippen molar-refractivity contribution >= 4 is 11.9 Å². The van der Waals surface area contributed by atoms with Crippen LogP contribution in [0.3, 0.4) is 0 Å². The van der Waals surface area contributed by atoms with E-state index in [1.54, 1.807) is 13.8 Å². The van der Waals surface area contributed by atoms with E-state index in [2.05, 4.69) is 0 Å². The maximum atomic E-state index is 11.1. The van der Waals surface area contributed by atoms with Crippen molar-refractivity contribution < 1.29 is 19.8 Å². The van der Waals surface area contributed by atoms with Gasteiger partial charge in [-0.15, -0.1) is 0 Å². The molecule has 2 N–H and O–H groups in total. The lowest BCUT2D eigenvalue weighted by atomic mass is 9.64. The molecule has 0 saturated heterocycles. The predicted molar refractivity (Wildman–Crippen MR) is 65.7 cm³/mol. The Hall–Kier alpha value is -2.08. The monoisotopic (exact) mass is 266 g/mol. The first-order valence-electron chi connectivity index (χ1n) is 6.12. The van der Waals surface area contributed by atoms with Gasteiger partial charge in [-0.3, -0.25) is 9.59 Å². The van der Waals surface area contributed by atoms with Crippen LogP contribution >= 0.6 is 0 Å². The molecule has 0 radical (unpaired) electrons. The molecule has 0 bridgehead atoms. The van der Waals surface area contributed by atoms with Crippen molar-refractivity contribution in [2.24, 2.45) is 17.3 Å². The molecule has 0 aromatic heterocycles. The lowest BCUT2D eigenvalue weighted by molar-refractivity contribution is -0.158. The second-order valence-electron chi connectivity index (χ2n) is 4.49. The molecule has 0 aliphatic rings. The number of carboxylic acid groups (broad SMARTS) is 2. The third-order valence-corrected chi connectivity index (χ3v) is 3.81. The van der Waals surface area contributed by atoms with Gasteiger partial charge in [0, 0.05) is 6.42 Å². The van der Waals surface area contributed by atoms with Gasteiger partial charge in [-0.25, -0.2) is 0 Å². The summed E-state index contributed by atoms with van der Waals surface area (Å²) in [6, 6.07) is 3.81. The highest BCUT2D eigenvalue weighted by molar-refractivity contribution is 5.93. The number of rotatable bonds is 8. The first-order chi connectivity index (χ1) is 8.90. The molecule has 104 valence electrons. The van der Waals surface area contributed by atoms with Crippen LogP contribution in [0.15, 0.2) is 0 Å². The van der Waals surface area contributed by atoms with Crippen LogP contribution < -0.4 is 0 Å². The van der Waals surface area contributed by atoms with Crippen molar-refractivity contribution in [2.75, 3.05) is 0 Å². The average Bonchev–Trinajstić information content (AvgIpc) is 2.37. The molecule has 0 heterocycles. The van der Waals surface area contributed by atoms with Gasteiger partial charge in [0.1, 0.15) is 0 Å². The maximum Gasteiger partial charge on any atom is 0.319 e. The van der Waals surface area contributed by atoms with Crippen LogP contribution in [0.25, 0.3) is 0 Å². The van der Waals surface area contributed by atoms with E-state index in [9.17, 15) is 14.9 Å². The third kappa shape index (κ3) is 3.69. The number of hydrogen-bond acceptors (Lipinski definition) is 4. The van der Waals surface area contributed by atoms with Gasteiger partial charge in [0.05, 0.1) is 18.1 Å². The van der Waals surface area contributed by atoms with Crippen molar-refractivity contribution in [1.82, 2.24) is 0 Å². The lowest BCUT2D eigenvalue weighted by Crippen LogP contribution is -2.41. The van der Waals surface area contributed by atoms with E-state index in [0.717, 1.165) is 0 Å². The Morgan fingerprint density at radius 3 is 1.89 bits per heavy atom. The first-order valence-corrected chi connectivity index (χ1v) is 6.12. The van der Waals surface area contributed by atoms with Crippen LogP contribution in [0.5, 0.6) is 0 Å². The molecule has 0 aliphatic heterocycles. The molecule has 0 spiro atoms. The summed E-state index contributed by atoms with van der Waals surface area (Å²) < 4.78 is 0. The van der Waals surface area contributed by atoms with Gasteiger partial charge in [-0.05, 0) is 24.7 Å². The summed E-state index contributed by atoms with van der Waals surface area (Å²) in [5.41, 5.74) is -0.758. The Morgan fingerprint density at radius 1 is 1.16 bits per heavy atom. The molecule has 0 fully saturated rings. The Bertz CT molecular complexity index is 401. The molecule has 0 aromatic carbocycles. The van der Waals surface area contributed by atoms with Crippen molar-refractivity contribution in [3.63, 3.8) is 0 Å². The van der Waals surface area contributed by atoms with Gasteiger partial charge < -0.3 is 10.2 Å². The van der Waals surface area contributed by atoms with Crippen LogP contribution in [0, 0.1) is 39.9 Å². The topological polar surface area (TPSA) is 122 Å². The van der Waals surface area contributed by atoms with Crippen LogP contribution in [0.4, 0.5) is 0 Å². The van der Waals surface area contributed by atoms with Crippen molar-refractivity contribution in [3.05, 3.63) is 0 Å². The van der Waals surface area contributed by atoms with Gasteiger partial charge in [0.15, 0.2) is 5.92 Å². The van der Waals surface area contributed by atoms with Crippen molar-refractivity contribution in [3.8, 4) is 12.1 Å². The summed E-state index contributed by atoms with van der Waals surface area (Å²) in [6.07, 6.45) is 1.42. The Labute approximate surface area is 112 Å². The highest BCUT2D eigenvalue weighted by atomic mass is 16.4. The fourth-order valence-corrected chi connectivity index (χ4v) is 2.46. The molecule has 0 amide bonds. The highest BCUT2D eigenvalue weighted by Gasteiger charge is 2.47. The summed E-state index contributed by atoms with van der Waals surface area (Å²) in [5.74, 6) is -5.93. The quantitative estimate of drug-likeness (QED) is 0.648. The normalized spacial score (nSPS) is 12.5. The number of nitriles is 2. The van der Waals surface area contributed by atoms with E-state index in [1.165, 1.54) is 0 Å². The van der Waals surface area contributed by atoms with Gasteiger partial charge in [0.25, 0.3) is 0 Å². The van der Waals surface area contributed by atoms with Gasteiger partial charge in [0.2, 0.25) is 0 Å². The minimum atomic E-state index is -1.76. The summed E-state index contributed by atoms with van der Waals surface area (Å²) in [6.45, 7) is 3.57. The molecule has 6 heteroatoms. The Morgan fingerprint density at radius 2 is 1.63 bits per heavy atom. The number of hydrogen-bond donors (Lipinski definition) is 2. The third-order valence-electron chi connectivity index (χ3n) is 3.81. The van der Waals surface area contributed by atoms with Gasteiger partial charge >= 0.3 is 11.9 Å². The van der Waals surface area contributed by atoms with E-state index in [0.29, 0.717) is 19.3 Å². The zero-order valence-corrected chi connectivity index (χ0v) is 11.1. The number of aliphatic carboxylic acids is 2. The van der Waals surface area contributed by atoms with Gasteiger partial charge in [-0.2, -0.15) is 10.5 Å². The predicted octanol–water partition coefficient (Wildman–Crippen LogP) is 2.02. The minimum Gasteiger partial charge on any atom is -0.481 e. The summed E-state index contributed by atoms with van der Waals surface area (Å²) >= 11 is 0. The highest BCUT2D eigenvalue weighted by Crippen LogP contribution is 2.43. The lowest BCUT2D eigenvalue weighted by Gasteiger charge is -2.37. The van der Waals surface area contributed by atoms with Crippen LogP contribution in [0.1, 0.15) is 39.5 Å². The second-order valence-corrected chi connectivity index (χ2v) is 4.49. The van der Waals surface area contributed by atoms with E-state index >= 15 is 0 Å². The second kappa shape index (κ2) is 7.38. The van der Waals surface area contributed by atoms with E-state index in [-0.39, 0.29) is 6.42 Å². The molecule has 0 aliphatic carbocycles. The van der Waals surface area contributed by atoms with Gasteiger partial charge in [-0.1, -0.05) is 13.8 Å². The van der Waals surface area contributed by atoms with Crippen LogP contribution in [-0.2, 0) is 9.59 Å². The molecular formula is C13H18N2O4. The SMILES string of the molecule is CCC(CC)(CCC#N)C(C#N)C(C(=O)O)C(=O)O. The zero-order chi connectivity index (χ0) is 15.1. The average molecular weight is 266 g/mol. The van der Waals surface area contributed by atoms with Crippen LogP contribution in [-0.4, -0.2) is 22.2 Å². The number of carbonyl (C=O) groups is 2. The minimum absolute atomic E-state index is 0.172. The molecular weight excluding hydrogens is 248 g/mol. The molecule has 0 saturated carbocycles. The zero-order valence-electron chi connectivity index (χ0n) is 11.1. The number of nitrogens with zero attached hydrogens (tertiary/aromatic N) is 2. The first kappa shape index (κ1) is 16.9. The van der Waals surface area contributed by atoms with Crippen molar-refractivity contribution in [1.29, 1.82) is 10.5 Å². The number of carboxylic acids is 2. The summed E-state index contributed by atoms with van der Waals surface area (Å²) in [5, 5.41) is 36.0. The Kier molecular flexibility index (Phi) is 6.57. The van der Waals surface area contributed by atoms with E-state index in [4.69, 9.17) is 15.5 Å². The fraction of sp³-hybridized carbons (Fsp3) is 0.692. The van der Waals surface area contributed by atoms with E-state index < -0.39 is 29.2 Å². The standard InChI is InChI=1S/C13H18N2O4/c1-3-13(4-2,6-5-7-14)9(8-15)10(11(16)17)12(18)19/h9-10H,3-6H2,1-2H3,(H,16,17)(H,18,19). The Balaban J connectivity index is 5.59. The molecule has 0 rings (SSSR count). The smallest absolute Gasteiger partial charge is 0.319 e. The summed E-state index contributed by atoms with van der Waals surface area (Å²) in [4.78, 5) is 22.2. The molecule has 0 aromatic rings. The van der Waals surface area contributed by atoms with E-state index in [1.807, 2.05) is 12.1 Å². The van der Waals surface area contributed by atoms with Crippen molar-refractivity contribution in [2.45, 2.75) is 39.5 Å². The van der Waals surface area contributed by atoms with Crippen LogP contribution in [0.2, 0.25) is 0 Å². The summed E-state index contributed by atoms with van der Waals surface area (Å²) in [7, 11) is 0. The fourth-order valence-electron chi connectivity index (χ4n) is 2.46. The maximum absolute atomic E-state index is 11.1. The molecule has 6 nitrogen and oxygen atoms in total. The molecule has 1 unspecified atom stereocenters. The molecule has 19 heavy (non-hydrogen) atoms. The largest absolute Gasteiger partial charge is 0.481 e.